The van der Waals surface area contributed by atoms with E-state index in [1.807, 2.05) is 17.9 Å². The standard InChI is InChI=1S/C21H25FN4O2/c1-13-4-5-15-6-7-21(25-19(15)24-13)8-9-26(12-21)20(27)14(2)16-10-18(28-3)23-11-17(16)22/h4-5,10-11,14H,6-9,12H2,1-3H3,(H,24,25)/t14-,21+/m1/s1. The number of rotatable bonds is 3. The van der Waals surface area contributed by atoms with Crippen molar-refractivity contribution in [2.75, 3.05) is 25.5 Å². The maximum atomic E-state index is 14.2. The number of amides is 1. The van der Waals surface area contributed by atoms with Gasteiger partial charge in [0.25, 0.3) is 0 Å². The molecule has 0 aliphatic carbocycles. The highest BCUT2D eigenvalue weighted by Gasteiger charge is 2.43. The predicted molar refractivity (Wildman–Crippen MR) is 104 cm³/mol. The van der Waals surface area contributed by atoms with Crippen LogP contribution >= 0.6 is 0 Å². The Morgan fingerprint density at radius 1 is 1.39 bits per heavy atom. The summed E-state index contributed by atoms with van der Waals surface area (Å²) >= 11 is 0. The van der Waals surface area contributed by atoms with Crippen LogP contribution in [0.1, 0.15) is 42.5 Å². The quantitative estimate of drug-likeness (QED) is 0.881. The molecule has 1 N–H and O–H groups in total. The lowest BCUT2D eigenvalue weighted by Gasteiger charge is -2.36. The summed E-state index contributed by atoms with van der Waals surface area (Å²) in [6, 6.07) is 5.66. The maximum Gasteiger partial charge on any atom is 0.230 e. The first-order valence-corrected chi connectivity index (χ1v) is 9.64. The van der Waals surface area contributed by atoms with Crippen molar-refractivity contribution < 1.29 is 13.9 Å². The molecule has 2 aliphatic rings. The number of aromatic nitrogens is 2. The molecule has 2 aromatic rings. The predicted octanol–water partition coefficient (Wildman–Crippen LogP) is 3.07. The summed E-state index contributed by atoms with van der Waals surface area (Å²) in [5.74, 6) is 0.0801. The minimum atomic E-state index is -0.594. The first-order valence-electron chi connectivity index (χ1n) is 9.64. The molecule has 4 heterocycles. The van der Waals surface area contributed by atoms with E-state index >= 15 is 0 Å². The summed E-state index contributed by atoms with van der Waals surface area (Å²) in [5, 5.41) is 3.60. The largest absolute Gasteiger partial charge is 0.481 e. The van der Waals surface area contributed by atoms with E-state index in [0.29, 0.717) is 24.5 Å². The fourth-order valence-electron chi connectivity index (χ4n) is 4.23. The Morgan fingerprint density at radius 3 is 3.00 bits per heavy atom. The van der Waals surface area contributed by atoms with Gasteiger partial charge in [-0.25, -0.2) is 14.4 Å². The number of methoxy groups -OCH3 is 1. The fourth-order valence-corrected chi connectivity index (χ4v) is 4.23. The monoisotopic (exact) mass is 384 g/mol. The molecule has 148 valence electrons. The maximum absolute atomic E-state index is 14.2. The smallest absolute Gasteiger partial charge is 0.230 e. The van der Waals surface area contributed by atoms with Crippen LogP contribution in [-0.2, 0) is 11.2 Å². The summed E-state index contributed by atoms with van der Waals surface area (Å²) in [4.78, 5) is 23.4. The topological polar surface area (TPSA) is 67.3 Å². The zero-order valence-electron chi connectivity index (χ0n) is 16.5. The Labute approximate surface area is 164 Å². The van der Waals surface area contributed by atoms with Crippen LogP contribution in [-0.4, -0.2) is 46.5 Å². The molecule has 1 fully saturated rings. The number of nitrogens with zero attached hydrogens (tertiary/aromatic N) is 3. The summed E-state index contributed by atoms with van der Waals surface area (Å²) in [6.07, 6.45) is 3.88. The SMILES string of the molecule is COc1cc([C@@H](C)C(=O)N2CC[C@@]3(CCc4ccc(C)nc4N3)C2)c(F)cn1. The minimum absolute atomic E-state index is 0.0752. The summed E-state index contributed by atoms with van der Waals surface area (Å²) in [7, 11) is 1.48. The van der Waals surface area contributed by atoms with Gasteiger partial charge in [0.1, 0.15) is 11.6 Å². The third kappa shape index (κ3) is 3.30. The number of likely N-dealkylation sites (tertiary alicyclic amines) is 1. The van der Waals surface area contributed by atoms with Crippen LogP contribution in [0.3, 0.4) is 0 Å². The van der Waals surface area contributed by atoms with E-state index in [4.69, 9.17) is 4.74 Å². The van der Waals surface area contributed by atoms with Crippen molar-refractivity contribution in [2.24, 2.45) is 0 Å². The second-order valence-electron chi connectivity index (χ2n) is 7.85. The number of halogens is 1. The summed E-state index contributed by atoms with van der Waals surface area (Å²) in [5.41, 5.74) is 2.36. The Bertz CT molecular complexity index is 919. The highest BCUT2D eigenvalue weighted by Crippen LogP contribution is 2.37. The molecule has 0 radical (unpaired) electrons. The molecule has 0 unspecified atom stereocenters. The Balaban J connectivity index is 1.50. The Morgan fingerprint density at radius 2 is 2.21 bits per heavy atom. The zero-order valence-corrected chi connectivity index (χ0v) is 16.5. The van der Waals surface area contributed by atoms with Gasteiger partial charge in [-0.2, -0.15) is 0 Å². The molecule has 7 heteroatoms. The van der Waals surface area contributed by atoms with Gasteiger partial charge in [-0.3, -0.25) is 4.79 Å². The lowest BCUT2D eigenvalue weighted by atomic mass is 9.86. The van der Waals surface area contributed by atoms with Crippen LogP contribution in [0.15, 0.2) is 24.4 Å². The first kappa shape index (κ1) is 18.7. The van der Waals surface area contributed by atoms with Crippen molar-refractivity contribution in [1.82, 2.24) is 14.9 Å². The number of ether oxygens (including phenoxy) is 1. The second kappa shape index (κ2) is 7.04. The van der Waals surface area contributed by atoms with Crippen molar-refractivity contribution in [3.05, 3.63) is 47.0 Å². The van der Waals surface area contributed by atoms with E-state index in [-0.39, 0.29) is 11.4 Å². The number of pyridine rings is 2. The molecule has 2 aliphatic heterocycles. The highest BCUT2D eigenvalue weighted by molar-refractivity contribution is 5.84. The Kier molecular flexibility index (Phi) is 4.69. The number of carbonyl (C=O) groups is 1. The number of nitrogens with one attached hydrogen (secondary N) is 1. The molecule has 0 saturated carbocycles. The number of hydrogen-bond acceptors (Lipinski definition) is 5. The summed E-state index contributed by atoms with van der Waals surface area (Å²) < 4.78 is 19.3. The normalized spacial score (nSPS) is 21.9. The minimum Gasteiger partial charge on any atom is -0.481 e. The lowest BCUT2D eigenvalue weighted by Crippen LogP contribution is -2.46. The van der Waals surface area contributed by atoms with E-state index in [9.17, 15) is 9.18 Å². The molecular formula is C21H25FN4O2. The van der Waals surface area contributed by atoms with E-state index in [1.165, 1.54) is 18.7 Å². The average Bonchev–Trinajstić information content (AvgIpc) is 3.10. The molecule has 0 aromatic carbocycles. The van der Waals surface area contributed by atoms with Crippen molar-refractivity contribution in [3.8, 4) is 5.88 Å². The summed E-state index contributed by atoms with van der Waals surface area (Å²) in [6.45, 7) is 4.98. The molecular weight excluding hydrogens is 359 g/mol. The molecule has 1 spiro atoms. The van der Waals surface area contributed by atoms with Gasteiger partial charge in [-0.15, -0.1) is 0 Å². The number of carbonyl (C=O) groups excluding carboxylic acids is 1. The average molecular weight is 384 g/mol. The third-order valence-corrected chi connectivity index (χ3v) is 5.95. The molecule has 6 nitrogen and oxygen atoms in total. The van der Waals surface area contributed by atoms with Crippen LogP contribution in [0, 0.1) is 12.7 Å². The van der Waals surface area contributed by atoms with Crippen molar-refractivity contribution in [2.45, 2.75) is 44.6 Å². The van der Waals surface area contributed by atoms with Crippen LogP contribution in [0.2, 0.25) is 0 Å². The van der Waals surface area contributed by atoms with Gasteiger partial charge in [-0.05, 0) is 44.7 Å². The van der Waals surface area contributed by atoms with Crippen LogP contribution in [0.5, 0.6) is 5.88 Å². The van der Waals surface area contributed by atoms with E-state index in [2.05, 4.69) is 21.4 Å². The van der Waals surface area contributed by atoms with Gasteiger partial charge in [0, 0.05) is 30.4 Å². The van der Waals surface area contributed by atoms with E-state index in [0.717, 1.165) is 37.0 Å². The molecule has 2 aromatic heterocycles. The van der Waals surface area contributed by atoms with Gasteiger partial charge in [0.05, 0.1) is 24.8 Å². The van der Waals surface area contributed by atoms with E-state index < -0.39 is 11.7 Å². The van der Waals surface area contributed by atoms with Crippen molar-refractivity contribution in [1.29, 1.82) is 0 Å². The van der Waals surface area contributed by atoms with Gasteiger partial charge in [0.2, 0.25) is 11.8 Å². The second-order valence-corrected chi connectivity index (χ2v) is 7.85. The number of aryl methyl sites for hydroxylation is 2. The molecule has 28 heavy (non-hydrogen) atoms. The number of fused-ring (bicyclic) bond motifs is 1. The van der Waals surface area contributed by atoms with Gasteiger partial charge in [-0.1, -0.05) is 6.07 Å². The highest BCUT2D eigenvalue weighted by atomic mass is 19.1. The molecule has 0 bridgehead atoms. The molecule has 2 atom stereocenters. The van der Waals surface area contributed by atoms with E-state index in [1.54, 1.807) is 6.92 Å². The number of anilines is 1. The van der Waals surface area contributed by atoms with Crippen molar-refractivity contribution >= 4 is 11.7 Å². The van der Waals surface area contributed by atoms with Crippen LogP contribution in [0.4, 0.5) is 10.2 Å². The molecule has 1 amide bonds. The Hall–Kier alpha value is -2.70. The van der Waals surface area contributed by atoms with Gasteiger partial charge in [0.15, 0.2) is 0 Å². The first-order chi connectivity index (χ1) is 13.4. The van der Waals surface area contributed by atoms with Crippen LogP contribution < -0.4 is 10.1 Å². The van der Waals surface area contributed by atoms with Gasteiger partial charge < -0.3 is 15.0 Å². The molecule has 1 saturated heterocycles. The molecule has 4 rings (SSSR count). The number of hydrogen-bond donors (Lipinski definition) is 1. The fraction of sp³-hybridized carbons (Fsp3) is 0.476. The third-order valence-electron chi connectivity index (χ3n) is 5.95. The zero-order chi connectivity index (χ0) is 19.9. The van der Waals surface area contributed by atoms with Gasteiger partial charge >= 0.3 is 0 Å². The van der Waals surface area contributed by atoms with Crippen LogP contribution in [0.25, 0.3) is 0 Å². The lowest BCUT2D eigenvalue weighted by molar-refractivity contribution is -0.131. The van der Waals surface area contributed by atoms with Crippen molar-refractivity contribution in [3.63, 3.8) is 0 Å².